The normalized spacial score (nSPS) is 11.5. The minimum absolute atomic E-state index is 0.325. The van der Waals surface area contributed by atoms with E-state index in [1.165, 1.54) is 17.4 Å². The van der Waals surface area contributed by atoms with Crippen molar-refractivity contribution in [3.8, 4) is 0 Å². The van der Waals surface area contributed by atoms with Gasteiger partial charge in [0.15, 0.2) is 5.82 Å². The van der Waals surface area contributed by atoms with Crippen LogP contribution in [0.1, 0.15) is 24.8 Å². The second-order valence-electron chi connectivity index (χ2n) is 3.44. The molecule has 1 aromatic heterocycles. The van der Waals surface area contributed by atoms with Crippen molar-refractivity contribution in [1.82, 2.24) is 4.98 Å². The Hall–Kier alpha value is -0.670. The van der Waals surface area contributed by atoms with Crippen LogP contribution in [0.4, 0.5) is 4.39 Å². The molecule has 0 unspecified atom stereocenters. The molecule has 0 saturated carbocycles. The fraction of sp³-hybridized carbons (Fsp3) is 0.300. The predicted molar refractivity (Wildman–Crippen MR) is 58.7 cm³/mol. The van der Waals surface area contributed by atoms with Gasteiger partial charge in [0.1, 0.15) is 5.52 Å². The Labute approximate surface area is 90.5 Å². The summed E-state index contributed by atoms with van der Waals surface area (Å²) >= 11 is 7.25. The molecule has 14 heavy (non-hydrogen) atoms. The molecular weight excluding hydrogens is 221 g/mol. The SMILES string of the molecule is CC(C)c1nc2c(F)cc(Cl)cc2s1. The van der Waals surface area contributed by atoms with E-state index in [2.05, 4.69) is 4.98 Å². The Morgan fingerprint density at radius 1 is 1.43 bits per heavy atom. The zero-order valence-electron chi connectivity index (χ0n) is 7.84. The van der Waals surface area contributed by atoms with Crippen LogP contribution >= 0.6 is 22.9 Å². The number of benzene rings is 1. The van der Waals surface area contributed by atoms with Crippen molar-refractivity contribution >= 4 is 33.2 Å². The fourth-order valence-corrected chi connectivity index (χ4v) is 2.51. The maximum absolute atomic E-state index is 13.4. The van der Waals surface area contributed by atoms with Crippen LogP contribution in [0.15, 0.2) is 12.1 Å². The van der Waals surface area contributed by atoms with E-state index in [4.69, 9.17) is 11.6 Å². The summed E-state index contributed by atoms with van der Waals surface area (Å²) in [5.74, 6) is -0.0128. The van der Waals surface area contributed by atoms with Crippen LogP contribution in [0, 0.1) is 5.82 Å². The zero-order chi connectivity index (χ0) is 10.3. The molecule has 0 aliphatic carbocycles. The van der Waals surface area contributed by atoms with Crippen LogP contribution in [0.25, 0.3) is 10.2 Å². The maximum atomic E-state index is 13.4. The molecule has 0 aliphatic rings. The molecule has 0 bridgehead atoms. The smallest absolute Gasteiger partial charge is 0.151 e. The molecule has 0 N–H and O–H groups in total. The van der Waals surface area contributed by atoms with Crippen LogP contribution in [0.2, 0.25) is 5.02 Å². The second-order valence-corrected chi connectivity index (χ2v) is 4.94. The van der Waals surface area contributed by atoms with E-state index in [1.54, 1.807) is 6.07 Å². The van der Waals surface area contributed by atoms with Crippen molar-refractivity contribution in [3.05, 3.63) is 28.0 Å². The molecule has 0 aliphatic heterocycles. The van der Waals surface area contributed by atoms with Crippen molar-refractivity contribution in [3.63, 3.8) is 0 Å². The van der Waals surface area contributed by atoms with Crippen LogP contribution in [0.3, 0.4) is 0 Å². The molecular formula is C10H9ClFNS. The topological polar surface area (TPSA) is 12.9 Å². The summed E-state index contributed by atoms with van der Waals surface area (Å²) in [4.78, 5) is 4.24. The monoisotopic (exact) mass is 229 g/mol. The Kier molecular flexibility index (Phi) is 2.45. The lowest BCUT2D eigenvalue weighted by Crippen LogP contribution is -1.84. The molecule has 0 amide bonds. The van der Waals surface area contributed by atoms with Gasteiger partial charge in [0.25, 0.3) is 0 Å². The number of aromatic nitrogens is 1. The van der Waals surface area contributed by atoms with Crippen LogP contribution in [0.5, 0.6) is 0 Å². The van der Waals surface area contributed by atoms with Crippen LogP contribution in [-0.4, -0.2) is 4.98 Å². The van der Waals surface area contributed by atoms with Gasteiger partial charge in [0.05, 0.1) is 9.71 Å². The van der Waals surface area contributed by atoms with E-state index < -0.39 is 0 Å². The van der Waals surface area contributed by atoms with E-state index in [9.17, 15) is 4.39 Å². The third kappa shape index (κ3) is 1.62. The van der Waals surface area contributed by atoms with Gasteiger partial charge in [-0.15, -0.1) is 11.3 Å². The highest BCUT2D eigenvalue weighted by Crippen LogP contribution is 2.30. The Balaban J connectivity index is 2.70. The third-order valence-electron chi connectivity index (χ3n) is 1.92. The van der Waals surface area contributed by atoms with Crippen LogP contribution in [-0.2, 0) is 0 Å². The summed E-state index contributed by atoms with van der Waals surface area (Å²) in [6, 6.07) is 3.05. The zero-order valence-corrected chi connectivity index (χ0v) is 9.42. The van der Waals surface area contributed by atoms with E-state index in [1.807, 2.05) is 13.8 Å². The highest BCUT2D eigenvalue weighted by atomic mass is 35.5. The quantitative estimate of drug-likeness (QED) is 0.714. The first-order valence-corrected chi connectivity index (χ1v) is 5.53. The first-order valence-electron chi connectivity index (χ1n) is 4.33. The third-order valence-corrected chi connectivity index (χ3v) is 3.44. The lowest BCUT2D eigenvalue weighted by molar-refractivity contribution is 0.636. The molecule has 0 fully saturated rings. The predicted octanol–water partition coefficient (Wildman–Crippen LogP) is 4.21. The summed E-state index contributed by atoms with van der Waals surface area (Å²) in [6.45, 7) is 4.08. The molecule has 1 heterocycles. The Bertz CT molecular complexity index is 478. The summed E-state index contributed by atoms with van der Waals surface area (Å²) < 4.78 is 14.2. The molecule has 0 radical (unpaired) electrons. The Morgan fingerprint density at radius 3 is 2.79 bits per heavy atom. The number of fused-ring (bicyclic) bond motifs is 1. The van der Waals surface area contributed by atoms with E-state index in [0.717, 1.165) is 9.71 Å². The van der Waals surface area contributed by atoms with Crippen molar-refractivity contribution < 1.29 is 4.39 Å². The van der Waals surface area contributed by atoms with Crippen molar-refractivity contribution in [1.29, 1.82) is 0 Å². The van der Waals surface area contributed by atoms with E-state index in [-0.39, 0.29) is 5.82 Å². The van der Waals surface area contributed by atoms with Gasteiger partial charge in [-0.2, -0.15) is 0 Å². The molecule has 1 aromatic carbocycles. The van der Waals surface area contributed by atoms with Gasteiger partial charge in [0.2, 0.25) is 0 Å². The molecule has 0 atom stereocenters. The second kappa shape index (κ2) is 3.48. The van der Waals surface area contributed by atoms with Gasteiger partial charge in [0, 0.05) is 10.9 Å². The lowest BCUT2D eigenvalue weighted by Gasteiger charge is -1.94. The van der Waals surface area contributed by atoms with Gasteiger partial charge in [-0.1, -0.05) is 25.4 Å². The summed E-state index contributed by atoms with van der Waals surface area (Å²) in [5, 5.41) is 1.37. The number of thiazole rings is 1. The number of halogens is 2. The minimum Gasteiger partial charge on any atom is -0.238 e. The average Bonchev–Trinajstić information content (AvgIpc) is 2.47. The first-order chi connectivity index (χ1) is 6.58. The van der Waals surface area contributed by atoms with E-state index in [0.29, 0.717) is 16.5 Å². The van der Waals surface area contributed by atoms with Crippen molar-refractivity contribution in [2.45, 2.75) is 19.8 Å². The Morgan fingerprint density at radius 2 is 2.14 bits per heavy atom. The fourth-order valence-electron chi connectivity index (χ4n) is 1.22. The molecule has 0 spiro atoms. The van der Waals surface area contributed by atoms with Gasteiger partial charge in [-0.25, -0.2) is 9.37 Å². The van der Waals surface area contributed by atoms with Gasteiger partial charge < -0.3 is 0 Å². The summed E-state index contributed by atoms with van der Waals surface area (Å²) in [5.41, 5.74) is 0.433. The number of hydrogen-bond donors (Lipinski definition) is 0. The molecule has 0 saturated heterocycles. The highest BCUT2D eigenvalue weighted by molar-refractivity contribution is 7.18. The first kappa shape index (κ1) is 9.87. The largest absolute Gasteiger partial charge is 0.238 e. The summed E-state index contributed by atoms with van der Waals surface area (Å²) in [7, 11) is 0. The van der Waals surface area contributed by atoms with Gasteiger partial charge >= 0.3 is 0 Å². The molecule has 2 rings (SSSR count). The molecule has 2 aromatic rings. The maximum Gasteiger partial charge on any atom is 0.151 e. The van der Waals surface area contributed by atoms with Crippen molar-refractivity contribution in [2.75, 3.05) is 0 Å². The van der Waals surface area contributed by atoms with Crippen molar-refractivity contribution in [2.24, 2.45) is 0 Å². The molecule has 1 nitrogen and oxygen atoms in total. The van der Waals surface area contributed by atoms with Gasteiger partial charge in [-0.3, -0.25) is 0 Å². The number of hydrogen-bond acceptors (Lipinski definition) is 2. The summed E-state index contributed by atoms with van der Waals surface area (Å²) in [6.07, 6.45) is 0. The number of rotatable bonds is 1. The minimum atomic E-state index is -0.337. The average molecular weight is 230 g/mol. The standard InChI is InChI=1S/C10H9ClFNS/c1-5(2)10-13-9-7(12)3-6(11)4-8(9)14-10/h3-5H,1-2H3. The molecule has 4 heteroatoms. The van der Waals surface area contributed by atoms with Crippen LogP contribution < -0.4 is 0 Å². The number of nitrogens with zero attached hydrogens (tertiary/aromatic N) is 1. The van der Waals surface area contributed by atoms with Gasteiger partial charge in [-0.05, 0) is 12.1 Å². The lowest BCUT2D eigenvalue weighted by atomic mass is 10.2. The highest BCUT2D eigenvalue weighted by Gasteiger charge is 2.11. The van der Waals surface area contributed by atoms with E-state index >= 15 is 0 Å². The molecule has 74 valence electrons.